The molecular formula is C95H115F3N24O5. The molecule has 6 fully saturated rings. The van der Waals surface area contributed by atoms with E-state index >= 15 is 13.2 Å². The predicted molar refractivity (Wildman–Crippen MR) is 496 cm³/mol. The molecule has 6 aromatic carbocycles. The van der Waals surface area contributed by atoms with E-state index in [1.807, 2.05) is 74.9 Å². The van der Waals surface area contributed by atoms with E-state index in [4.69, 9.17) is 26.7 Å². The highest BCUT2D eigenvalue weighted by Gasteiger charge is 2.35. The molecule has 6 amide bonds. The maximum atomic E-state index is 15.4. The van der Waals surface area contributed by atoms with Gasteiger partial charge in [-0.05, 0) is 188 Å². The first-order chi connectivity index (χ1) is 61.5. The van der Waals surface area contributed by atoms with E-state index in [-0.39, 0.29) is 23.1 Å². The minimum absolute atomic E-state index is 0.0382. The van der Waals surface area contributed by atoms with Crippen LogP contribution in [-0.2, 0) is 6.54 Å². The molecule has 6 aromatic heterocycles. The lowest BCUT2D eigenvalue weighted by molar-refractivity contribution is 0.0827. The van der Waals surface area contributed by atoms with Gasteiger partial charge in [-0.15, -0.1) is 0 Å². The molecule has 12 aromatic rings. The van der Waals surface area contributed by atoms with Crippen LogP contribution >= 0.6 is 0 Å². The third-order valence-corrected chi connectivity index (χ3v) is 26.3. The molecule has 0 spiro atoms. The number of nitrogens with two attached hydrogens (primary N) is 3. The Kier molecular flexibility index (Phi) is 27.4. The van der Waals surface area contributed by atoms with Gasteiger partial charge < -0.3 is 87.0 Å². The number of nitrogens with zero attached hydrogens (tertiary/aromatic N) is 15. The molecule has 127 heavy (non-hydrogen) atoms. The standard InChI is InChI=1S/C32H39FN8O3.C32H39FN8O.C31H37FN8O/c1-39-10-12-40(13-11-39)22-5-7-23(8-6-22)41-18-26(29-30(34)35-19-36-31(29)41)20-4-9-28(27(33)14-20)38-32(42)37-21-15-24(43-2)17-25(16-21)44-3;1-21-3-5-22(6-4-21)18-35-32(42)38-28-12-7-23(17-27(28)33)26-19-41(31-29(26)30(34)36-20-37-31)25-10-8-24(9-11-25)40-15-13-39(2)14-16-40;1-20-4-3-5-22(16-20)36-31(41)37-27-11-6-21(17-26(27)32)25-18-40(30-28(25)29(33)34-19-35-30)24-9-7-23(8-10-24)39-14-12-38(2)13-15-39/h4,9,14-19,22-23H,5-8,10-13H2,1-3H3,(H2,34,35,36)(H2,37,38,42);3-7,12,17,19-20,24-25H,8-11,13-16,18H2,1-2H3,(H2,34,36,37)(H2,35,38,42);3-6,11,16-19,23-24H,7-10,12-15H2,1-2H3,(H2,33,34,35)(H2,36,37,41)/t22-,23+;24-,25+;23-,24+. The predicted octanol–water partition coefficient (Wildman–Crippen LogP) is 15.9. The van der Waals surface area contributed by atoms with Crippen molar-refractivity contribution in [3.63, 3.8) is 0 Å². The first-order valence-corrected chi connectivity index (χ1v) is 44.1. The molecule has 18 rings (SSSR count). The number of urea groups is 3. The molecule has 3 saturated carbocycles. The summed E-state index contributed by atoms with van der Waals surface area (Å²) in [5.74, 6) is 0.484. The van der Waals surface area contributed by atoms with Gasteiger partial charge in [0.2, 0.25) is 0 Å². The third kappa shape index (κ3) is 20.7. The van der Waals surface area contributed by atoms with Crippen molar-refractivity contribution in [3.05, 3.63) is 193 Å². The van der Waals surface area contributed by atoms with E-state index in [2.05, 4.69) is 126 Å². The Morgan fingerprint density at radius 2 is 0.717 bits per heavy atom. The van der Waals surface area contributed by atoms with E-state index in [9.17, 15) is 14.4 Å². The van der Waals surface area contributed by atoms with Crippen LogP contribution < -0.4 is 58.6 Å². The first kappa shape index (κ1) is 88.0. The topological polar surface area (TPSA) is 331 Å². The Morgan fingerprint density at radius 1 is 0.378 bits per heavy atom. The number of nitrogens with one attached hydrogen (secondary N) is 6. The Morgan fingerprint density at radius 3 is 1.06 bits per heavy atom. The molecule has 29 nitrogen and oxygen atoms in total. The Labute approximate surface area is 738 Å². The zero-order chi connectivity index (χ0) is 88.5. The zero-order valence-electron chi connectivity index (χ0n) is 73.3. The fraction of sp³-hybridized carbons (Fsp3) is 0.400. The van der Waals surface area contributed by atoms with E-state index in [1.54, 1.807) is 60.7 Å². The molecule has 0 atom stereocenters. The highest BCUT2D eigenvalue weighted by molar-refractivity contribution is 6.05. The highest BCUT2D eigenvalue weighted by Crippen LogP contribution is 2.45. The number of carbonyl (C=O) groups is 3. The maximum absolute atomic E-state index is 15.4. The van der Waals surface area contributed by atoms with Crippen LogP contribution in [0, 0.1) is 31.3 Å². The number of amides is 6. The largest absolute Gasteiger partial charge is 0.497 e. The summed E-state index contributed by atoms with van der Waals surface area (Å²) < 4.78 is 63.1. The monoisotopic (exact) mass is 1730 g/mol. The molecule has 3 aliphatic heterocycles. The molecule has 3 saturated heterocycles. The van der Waals surface area contributed by atoms with Gasteiger partial charge in [-0.1, -0.05) is 60.2 Å². The Balaban J connectivity index is 0.000000140. The van der Waals surface area contributed by atoms with Crippen molar-refractivity contribution in [2.45, 2.75) is 134 Å². The molecule has 3 aliphatic carbocycles. The van der Waals surface area contributed by atoms with Crippen molar-refractivity contribution >= 4 is 97.1 Å². The number of aromatic nitrogens is 9. The van der Waals surface area contributed by atoms with Crippen LogP contribution in [-0.4, -0.2) is 223 Å². The summed E-state index contributed by atoms with van der Waals surface area (Å²) >= 11 is 0. The lowest BCUT2D eigenvalue weighted by atomic mass is 9.89. The van der Waals surface area contributed by atoms with Crippen LogP contribution in [0.25, 0.3) is 66.5 Å². The van der Waals surface area contributed by atoms with Gasteiger partial charge in [-0.3, -0.25) is 14.7 Å². The molecule has 32 heteroatoms. The number of carbonyl (C=O) groups excluding carboxylic acids is 3. The van der Waals surface area contributed by atoms with Gasteiger partial charge in [0.05, 0.1) is 47.4 Å². The maximum Gasteiger partial charge on any atom is 0.323 e. The second-order valence-electron chi connectivity index (χ2n) is 34.6. The van der Waals surface area contributed by atoms with Crippen molar-refractivity contribution in [1.82, 2.24) is 78.3 Å². The number of rotatable bonds is 18. The van der Waals surface area contributed by atoms with Crippen LogP contribution in [0.5, 0.6) is 11.5 Å². The number of methoxy groups -OCH3 is 2. The second-order valence-corrected chi connectivity index (χ2v) is 34.6. The number of likely N-dealkylation sites (N-methyl/N-ethyl adjacent to an activating group) is 3. The van der Waals surface area contributed by atoms with Crippen molar-refractivity contribution in [3.8, 4) is 44.9 Å². The van der Waals surface area contributed by atoms with Gasteiger partial charge in [0.25, 0.3) is 0 Å². The van der Waals surface area contributed by atoms with E-state index in [0.717, 1.165) is 217 Å². The summed E-state index contributed by atoms with van der Waals surface area (Å²) in [6.07, 6.45) is 23.7. The smallest absolute Gasteiger partial charge is 0.323 e. The lowest BCUT2D eigenvalue weighted by Crippen LogP contribution is -2.49. The van der Waals surface area contributed by atoms with E-state index in [0.29, 0.717) is 99.2 Å². The van der Waals surface area contributed by atoms with Crippen molar-refractivity contribution in [1.29, 1.82) is 0 Å². The highest BCUT2D eigenvalue weighted by atomic mass is 19.1. The molecule has 0 bridgehead atoms. The number of nitrogen functional groups attached to an aromatic ring is 3. The number of benzene rings is 6. The number of hydrogen-bond acceptors (Lipinski definition) is 20. The number of piperazine rings is 3. The summed E-state index contributed by atoms with van der Waals surface area (Å²) in [6, 6.07) is 35.7. The molecule has 12 N–H and O–H groups in total. The van der Waals surface area contributed by atoms with Gasteiger partial charge in [-0.25, -0.2) is 57.5 Å². The summed E-state index contributed by atoms with van der Waals surface area (Å²) in [4.78, 5) is 79.3. The van der Waals surface area contributed by atoms with Crippen molar-refractivity contribution in [2.75, 3.05) is 158 Å². The Hall–Kier alpha value is -12.5. The number of hydrogen-bond donors (Lipinski definition) is 9. The van der Waals surface area contributed by atoms with Crippen molar-refractivity contribution in [2.24, 2.45) is 0 Å². The summed E-state index contributed by atoms with van der Waals surface area (Å²) in [7, 11) is 9.61. The minimum Gasteiger partial charge on any atom is -0.497 e. The van der Waals surface area contributed by atoms with Gasteiger partial charge in [0.15, 0.2) is 0 Å². The summed E-state index contributed by atoms with van der Waals surface area (Å²) in [6.45, 7) is 17.8. The molecule has 0 unspecified atom stereocenters. The molecule has 666 valence electrons. The van der Waals surface area contributed by atoms with Gasteiger partial charge in [0.1, 0.15) is 82.3 Å². The van der Waals surface area contributed by atoms with Crippen LogP contribution in [0.3, 0.4) is 0 Å². The average Bonchev–Trinajstić information content (AvgIpc) is 1.62. The quantitative estimate of drug-likeness (QED) is 0.0385. The number of halogens is 3. The van der Waals surface area contributed by atoms with Gasteiger partial charge in [0, 0.05) is 186 Å². The minimum atomic E-state index is -0.603. The molecule has 6 aliphatic rings. The lowest BCUT2D eigenvalue weighted by Gasteiger charge is -2.41. The zero-order valence-corrected chi connectivity index (χ0v) is 73.3. The number of anilines is 8. The van der Waals surface area contributed by atoms with E-state index in [1.165, 1.54) is 51.4 Å². The summed E-state index contributed by atoms with van der Waals surface area (Å²) in [5.41, 5.74) is 30.1. The van der Waals surface area contributed by atoms with Gasteiger partial charge in [-0.2, -0.15) is 0 Å². The normalized spacial score (nSPS) is 20.0. The summed E-state index contributed by atoms with van der Waals surface area (Å²) in [5, 5.41) is 18.2. The van der Waals surface area contributed by atoms with Crippen LogP contribution in [0.15, 0.2) is 159 Å². The third-order valence-electron chi connectivity index (χ3n) is 26.3. The number of fused-ring (bicyclic) bond motifs is 3. The molecular weight excluding hydrogens is 1610 g/mol. The Bertz CT molecular complexity index is 5860. The van der Waals surface area contributed by atoms with E-state index < -0.39 is 35.5 Å². The number of aryl methyl sites for hydroxylation is 2. The average molecular weight is 1730 g/mol. The first-order valence-electron chi connectivity index (χ1n) is 44.1. The van der Waals surface area contributed by atoms with Crippen LogP contribution in [0.4, 0.5) is 73.4 Å². The molecule has 0 radical (unpaired) electrons. The van der Waals surface area contributed by atoms with Crippen LogP contribution in [0.2, 0.25) is 0 Å². The van der Waals surface area contributed by atoms with Crippen molar-refractivity contribution < 1.29 is 37.0 Å². The fourth-order valence-corrected chi connectivity index (χ4v) is 19.1. The van der Waals surface area contributed by atoms with Crippen LogP contribution in [0.1, 0.15) is 112 Å². The second kappa shape index (κ2) is 39.6. The fourth-order valence-electron chi connectivity index (χ4n) is 19.1. The number of ether oxygens (including phenoxy) is 2. The van der Waals surface area contributed by atoms with Gasteiger partial charge >= 0.3 is 18.1 Å². The molecule has 9 heterocycles. The SMILES string of the molecule is COc1cc(NC(=O)Nc2ccc(-c3cn([C@H]4CC[C@@H](N5CCN(C)CC5)CC4)c4ncnc(N)c34)cc2F)cc(OC)c1.Cc1ccc(CNC(=O)Nc2ccc(-c3cn([C@H]4CC[C@@H](N5CCN(C)CC5)CC4)c4ncnc(N)c34)cc2F)cc1.Cc1cccc(NC(=O)Nc2ccc(-c3cn([C@H]4CC[C@@H](N5CCN(C)CC5)CC4)c4ncnc(N)c34)cc2F)c1.